The molecule has 5 heteroatoms. The van der Waals surface area contributed by atoms with Crippen molar-refractivity contribution in [3.63, 3.8) is 0 Å². The van der Waals surface area contributed by atoms with Gasteiger partial charge in [0.2, 0.25) is 0 Å². The zero-order valence-electron chi connectivity index (χ0n) is 6.36. The molecule has 0 aliphatic rings. The van der Waals surface area contributed by atoms with Crippen LogP contribution in [0, 0.1) is 12.7 Å². The Morgan fingerprint density at radius 3 is 2.31 bits per heavy atom. The Morgan fingerprint density at radius 1 is 1.23 bits per heavy atom. The van der Waals surface area contributed by atoms with Gasteiger partial charge in [-0.25, -0.2) is 4.39 Å². The molecular weight excluding hydrogens is 188 g/mol. The molecule has 0 atom stereocenters. The van der Waals surface area contributed by atoms with Gasteiger partial charge in [0.15, 0.2) is 11.6 Å². The molecule has 0 aliphatic carbocycles. The summed E-state index contributed by atoms with van der Waals surface area (Å²) in [6.45, 7) is 3.34. The van der Waals surface area contributed by atoms with Gasteiger partial charge in [-0.15, -0.1) is 13.2 Å². The quantitative estimate of drug-likeness (QED) is 0.623. The van der Waals surface area contributed by atoms with Crippen molar-refractivity contribution in [2.24, 2.45) is 0 Å². The largest absolute Gasteiger partial charge is 0.573 e. The summed E-state index contributed by atoms with van der Waals surface area (Å²) in [5, 5.41) is 0. The minimum absolute atomic E-state index is 0.284. The van der Waals surface area contributed by atoms with Crippen LogP contribution < -0.4 is 4.74 Å². The van der Waals surface area contributed by atoms with Crippen LogP contribution in [0.3, 0.4) is 0 Å². The highest BCUT2D eigenvalue weighted by atomic mass is 19.4. The van der Waals surface area contributed by atoms with Crippen LogP contribution in [0.25, 0.3) is 0 Å². The standard InChI is InChI=1S/C8H5F4O/c1-5-2-3-7(6(9)4-5)13-8(10,11)12/h2-4H,1H2. The van der Waals surface area contributed by atoms with E-state index in [0.29, 0.717) is 0 Å². The number of halogens is 4. The predicted octanol–water partition coefficient (Wildman–Crippen LogP) is 2.91. The summed E-state index contributed by atoms with van der Waals surface area (Å²) in [4.78, 5) is 0. The van der Waals surface area contributed by atoms with Gasteiger partial charge in [-0.1, -0.05) is 6.07 Å². The van der Waals surface area contributed by atoms with Crippen molar-refractivity contribution in [1.29, 1.82) is 0 Å². The van der Waals surface area contributed by atoms with Crippen molar-refractivity contribution in [3.8, 4) is 5.75 Å². The summed E-state index contributed by atoms with van der Waals surface area (Å²) in [7, 11) is 0. The Hall–Kier alpha value is -1.26. The summed E-state index contributed by atoms with van der Waals surface area (Å²) in [5.41, 5.74) is 0.284. The molecular formula is C8H5F4O. The fraction of sp³-hybridized carbons (Fsp3) is 0.125. The smallest absolute Gasteiger partial charge is 0.403 e. The lowest BCUT2D eigenvalue weighted by molar-refractivity contribution is -0.275. The maximum Gasteiger partial charge on any atom is 0.573 e. The number of benzene rings is 1. The first-order valence-corrected chi connectivity index (χ1v) is 3.26. The van der Waals surface area contributed by atoms with Crippen LogP contribution in [0.1, 0.15) is 5.56 Å². The number of hydrogen-bond acceptors (Lipinski definition) is 1. The highest BCUT2D eigenvalue weighted by Crippen LogP contribution is 2.25. The van der Waals surface area contributed by atoms with E-state index in [1.165, 1.54) is 6.07 Å². The molecule has 0 N–H and O–H groups in total. The molecule has 0 aliphatic heterocycles. The van der Waals surface area contributed by atoms with E-state index in [0.717, 1.165) is 12.1 Å². The Labute approximate surface area is 71.9 Å². The van der Waals surface area contributed by atoms with E-state index in [4.69, 9.17) is 0 Å². The Balaban J connectivity index is 2.90. The minimum atomic E-state index is -4.87. The fourth-order valence-corrected chi connectivity index (χ4v) is 0.752. The van der Waals surface area contributed by atoms with Gasteiger partial charge < -0.3 is 4.74 Å². The Bertz CT molecular complexity index is 306. The van der Waals surface area contributed by atoms with Gasteiger partial charge >= 0.3 is 6.36 Å². The lowest BCUT2D eigenvalue weighted by Gasteiger charge is -2.09. The molecule has 0 saturated heterocycles. The van der Waals surface area contributed by atoms with Crippen LogP contribution in [-0.4, -0.2) is 6.36 Å². The molecule has 0 unspecified atom stereocenters. The molecule has 1 aromatic carbocycles. The second kappa shape index (κ2) is 3.24. The SMILES string of the molecule is [CH2]c1ccc(OC(F)(F)F)c(F)c1. The van der Waals surface area contributed by atoms with Gasteiger partial charge in [-0.05, 0) is 24.6 Å². The van der Waals surface area contributed by atoms with Crippen LogP contribution in [-0.2, 0) is 0 Å². The summed E-state index contributed by atoms with van der Waals surface area (Å²) in [6.07, 6.45) is -4.87. The second-order valence-corrected chi connectivity index (χ2v) is 2.31. The molecule has 1 rings (SSSR count). The molecule has 71 valence electrons. The summed E-state index contributed by atoms with van der Waals surface area (Å²) in [5.74, 6) is -1.93. The van der Waals surface area contributed by atoms with E-state index in [2.05, 4.69) is 11.7 Å². The fourth-order valence-electron chi connectivity index (χ4n) is 0.752. The molecule has 13 heavy (non-hydrogen) atoms. The highest BCUT2D eigenvalue weighted by molar-refractivity contribution is 5.30. The van der Waals surface area contributed by atoms with Gasteiger partial charge in [0.05, 0.1) is 0 Å². The summed E-state index contributed by atoms with van der Waals surface area (Å²) >= 11 is 0. The molecule has 0 fully saturated rings. The highest BCUT2D eigenvalue weighted by Gasteiger charge is 2.32. The van der Waals surface area contributed by atoms with Crippen molar-refractivity contribution in [3.05, 3.63) is 36.5 Å². The molecule has 0 spiro atoms. The van der Waals surface area contributed by atoms with Crippen LogP contribution in [0.15, 0.2) is 18.2 Å². The zero-order valence-corrected chi connectivity index (χ0v) is 6.36. The predicted molar refractivity (Wildman–Crippen MR) is 37.5 cm³/mol. The van der Waals surface area contributed by atoms with Crippen molar-refractivity contribution in [2.45, 2.75) is 6.36 Å². The van der Waals surface area contributed by atoms with Gasteiger partial charge in [-0.3, -0.25) is 0 Å². The second-order valence-electron chi connectivity index (χ2n) is 2.31. The van der Waals surface area contributed by atoms with E-state index < -0.39 is 17.9 Å². The van der Waals surface area contributed by atoms with Crippen LogP contribution in [0.4, 0.5) is 17.6 Å². The normalized spacial score (nSPS) is 11.5. The van der Waals surface area contributed by atoms with Gasteiger partial charge in [0, 0.05) is 0 Å². The van der Waals surface area contributed by atoms with Gasteiger partial charge in [0.1, 0.15) is 0 Å². The van der Waals surface area contributed by atoms with E-state index in [1.807, 2.05) is 0 Å². The van der Waals surface area contributed by atoms with Crippen molar-refractivity contribution in [2.75, 3.05) is 0 Å². The zero-order chi connectivity index (χ0) is 10.1. The van der Waals surface area contributed by atoms with E-state index in [-0.39, 0.29) is 5.56 Å². The lowest BCUT2D eigenvalue weighted by Crippen LogP contribution is -2.17. The van der Waals surface area contributed by atoms with Crippen LogP contribution in [0.5, 0.6) is 5.75 Å². The first kappa shape index (κ1) is 9.83. The average molecular weight is 193 g/mol. The number of alkyl halides is 3. The maximum atomic E-state index is 12.7. The molecule has 1 aromatic rings. The molecule has 0 amide bonds. The van der Waals surface area contributed by atoms with E-state index >= 15 is 0 Å². The lowest BCUT2D eigenvalue weighted by atomic mass is 10.2. The molecule has 0 bridgehead atoms. The third kappa shape index (κ3) is 2.93. The molecule has 0 aromatic heterocycles. The van der Waals surface area contributed by atoms with Crippen LogP contribution in [0.2, 0.25) is 0 Å². The van der Waals surface area contributed by atoms with E-state index in [9.17, 15) is 17.6 Å². The van der Waals surface area contributed by atoms with Crippen molar-refractivity contribution < 1.29 is 22.3 Å². The monoisotopic (exact) mass is 193 g/mol. The number of rotatable bonds is 1. The Morgan fingerprint density at radius 2 is 1.85 bits per heavy atom. The Kier molecular flexibility index (Phi) is 2.45. The van der Waals surface area contributed by atoms with Gasteiger partial charge in [-0.2, -0.15) is 0 Å². The summed E-state index contributed by atoms with van der Waals surface area (Å²) in [6, 6.07) is 2.97. The first-order chi connectivity index (χ1) is 5.88. The van der Waals surface area contributed by atoms with E-state index in [1.54, 1.807) is 0 Å². The number of hydrogen-bond donors (Lipinski definition) is 0. The third-order valence-electron chi connectivity index (χ3n) is 1.22. The molecule has 0 heterocycles. The topological polar surface area (TPSA) is 9.23 Å². The summed E-state index contributed by atoms with van der Waals surface area (Å²) < 4.78 is 51.0. The molecule has 1 radical (unpaired) electrons. The maximum absolute atomic E-state index is 12.7. The van der Waals surface area contributed by atoms with Crippen molar-refractivity contribution >= 4 is 0 Å². The third-order valence-corrected chi connectivity index (χ3v) is 1.22. The van der Waals surface area contributed by atoms with Gasteiger partial charge in [0.25, 0.3) is 0 Å². The molecule has 0 saturated carbocycles. The van der Waals surface area contributed by atoms with Crippen molar-refractivity contribution in [1.82, 2.24) is 0 Å². The average Bonchev–Trinajstić information content (AvgIpc) is 1.93. The van der Waals surface area contributed by atoms with Crippen LogP contribution >= 0.6 is 0 Å². The first-order valence-electron chi connectivity index (χ1n) is 3.26. The molecule has 1 nitrogen and oxygen atoms in total. The number of ether oxygens (including phenoxy) is 1. The minimum Gasteiger partial charge on any atom is -0.403 e.